The molecular formula is C18H16BrN3. The van der Waals surface area contributed by atoms with Gasteiger partial charge in [-0.25, -0.2) is 9.97 Å². The highest BCUT2D eigenvalue weighted by Crippen LogP contribution is 2.31. The number of hydrogen-bond donors (Lipinski definition) is 0. The highest BCUT2D eigenvalue weighted by molar-refractivity contribution is 9.10. The number of nitrogens with zero attached hydrogens (tertiary/aromatic N) is 3. The smallest absolute Gasteiger partial charge is 0.160 e. The predicted octanol–water partition coefficient (Wildman–Crippen LogP) is 5.16. The molecule has 0 unspecified atom stereocenters. The molecule has 0 spiro atoms. The summed E-state index contributed by atoms with van der Waals surface area (Å²) in [5.74, 6) is 0.552. The first-order valence-corrected chi connectivity index (χ1v) is 8.27. The molecule has 4 rings (SSSR count). The third-order valence-electron chi connectivity index (χ3n) is 3.86. The monoisotopic (exact) mass is 353 g/mol. The van der Waals surface area contributed by atoms with E-state index < -0.39 is 0 Å². The van der Waals surface area contributed by atoms with E-state index >= 15 is 0 Å². The Morgan fingerprint density at radius 2 is 1.77 bits per heavy atom. The highest BCUT2D eigenvalue weighted by atomic mass is 79.9. The van der Waals surface area contributed by atoms with Gasteiger partial charge in [-0.15, -0.1) is 0 Å². The Kier molecular flexibility index (Phi) is 3.15. The molecule has 4 heteroatoms. The van der Waals surface area contributed by atoms with Crippen LogP contribution in [-0.2, 0) is 6.54 Å². The molecule has 0 N–H and O–H groups in total. The van der Waals surface area contributed by atoms with Gasteiger partial charge in [0.15, 0.2) is 5.65 Å². The molecular weight excluding hydrogens is 338 g/mol. The van der Waals surface area contributed by atoms with Gasteiger partial charge in [-0.2, -0.15) is 0 Å². The summed E-state index contributed by atoms with van der Waals surface area (Å²) >= 11 is 3.57. The van der Waals surface area contributed by atoms with Crippen LogP contribution in [-0.4, -0.2) is 14.5 Å². The van der Waals surface area contributed by atoms with Gasteiger partial charge in [0.2, 0.25) is 0 Å². The van der Waals surface area contributed by atoms with Crippen molar-refractivity contribution >= 4 is 49.0 Å². The van der Waals surface area contributed by atoms with E-state index in [9.17, 15) is 0 Å². The zero-order chi connectivity index (χ0) is 15.3. The molecule has 0 amide bonds. The Balaban J connectivity index is 2.18. The quantitative estimate of drug-likeness (QED) is 0.498. The van der Waals surface area contributed by atoms with E-state index in [2.05, 4.69) is 52.5 Å². The predicted molar refractivity (Wildman–Crippen MR) is 95.1 cm³/mol. The average molecular weight is 354 g/mol. The van der Waals surface area contributed by atoms with Crippen LogP contribution in [0.5, 0.6) is 0 Å². The lowest BCUT2D eigenvalue weighted by atomic mass is 10.2. The van der Waals surface area contributed by atoms with E-state index in [1.165, 1.54) is 5.52 Å². The van der Waals surface area contributed by atoms with Crippen molar-refractivity contribution in [3.63, 3.8) is 0 Å². The van der Waals surface area contributed by atoms with Gasteiger partial charge >= 0.3 is 0 Å². The van der Waals surface area contributed by atoms with Crippen molar-refractivity contribution < 1.29 is 0 Å². The molecule has 3 nitrogen and oxygen atoms in total. The average Bonchev–Trinajstić information content (AvgIpc) is 2.78. The summed E-state index contributed by atoms with van der Waals surface area (Å²) in [4.78, 5) is 9.75. The number of rotatable bonds is 2. The number of halogens is 1. The minimum Gasteiger partial charge on any atom is -0.324 e. The number of aromatic nitrogens is 3. The minimum absolute atomic E-state index is 0.552. The standard InChI is InChI=1S/C18H16BrN3/c1-11(2)10-22-16-8-7-12(19)9-13(16)17-18(22)21-15-6-4-3-5-14(15)20-17/h3-9,11H,10H2,1-2H3. The number of hydrogen-bond acceptors (Lipinski definition) is 2. The number of para-hydroxylation sites is 2. The fourth-order valence-electron chi connectivity index (χ4n) is 2.96. The van der Waals surface area contributed by atoms with Crippen LogP contribution in [0.15, 0.2) is 46.9 Å². The van der Waals surface area contributed by atoms with Gasteiger partial charge in [0, 0.05) is 16.4 Å². The summed E-state index contributed by atoms with van der Waals surface area (Å²) in [6.45, 7) is 5.39. The van der Waals surface area contributed by atoms with Gasteiger partial charge in [-0.3, -0.25) is 0 Å². The summed E-state index contributed by atoms with van der Waals surface area (Å²) in [7, 11) is 0. The Morgan fingerprint density at radius 3 is 2.50 bits per heavy atom. The Bertz CT molecular complexity index is 1000. The van der Waals surface area contributed by atoms with Crippen LogP contribution in [0.25, 0.3) is 33.1 Å². The van der Waals surface area contributed by atoms with Crippen molar-refractivity contribution in [2.75, 3.05) is 0 Å². The second kappa shape index (κ2) is 5.06. The number of benzene rings is 2. The summed E-state index contributed by atoms with van der Waals surface area (Å²) in [5.41, 5.74) is 5.04. The van der Waals surface area contributed by atoms with Crippen molar-refractivity contribution in [1.29, 1.82) is 0 Å². The summed E-state index contributed by atoms with van der Waals surface area (Å²) in [6, 6.07) is 14.4. The maximum atomic E-state index is 4.88. The van der Waals surface area contributed by atoms with Crippen LogP contribution in [0, 0.1) is 5.92 Å². The summed E-state index contributed by atoms with van der Waals surface area (Å²) in [6.07, 6.45) is 0. The van der Waals surface area contributed by atoms with Crippen molar-refractivity contribution in [2.45, 2.75) is 20.4 Å². The Hall–Kier alpha value is -1.94. The van der Waals surface area contributed by atoms with Crippen LogP contribution < -0.4 is 0 Å². The summed E-state index contributed by atoms with van der Waals surface area (Å²) in [5, 5.41) is 1.16. The number of fused-ring (bicyclic) bond motifs is 4. The lowest BCUT2D eigenvalue weighted by Crippen LogP contribution is -2.05. The molecule has 22 heavy (non-hydrogen) atoms. The molecule has 0 saturated heterocycles. The SMILES string of the molecule is CC(C)Cn1c2ccc(Br)cc2c2nc3ccccc3nc21. The lowest BCUT2D eigenvalue weighted by Gasteiger charge is -2.09. The minimum atomic E-state index is 0.552. The van der Waals surface area contributed by atoms with E-state index in [1.807, 2.05) is 24.3 Å². The topological polar surface area (TPSA) is 30.7 Å². The normalized spacial score (nSPS) is 12.0. The van der Waals surface area contributed by atoms with E-state index in [4.69, 9.17) is 9.97 Å². The first-order valence-electron chi connectivity index (χ1n) is 7.48. The van der Waals surface area contributed by atoms with E-state index in [-0.39, 0.29) is 0 Å². The molecule has 0 bridgehead atoms. The molecule has 0 radical (unpaired) electrons. The zero-order valence-corrected chi connectivity index (χ0v) is 14.1. The fourth-order valence-corrected chi connectivity index (χ4v) is 3.32. The first kappa shape index (κ1) is 13.7. The van der Waals surface area contributed by atoms with Crippen LogP contribution in [0.3, 0.4) is 0 Å². The molecule has 2 aromatic carbocycles. The maximum absolute atomic E-state index is 4.88. The lowest BCUT2D eigenvalue weighted by molar-refractivity contribution is 0.543. The molecule has 0 atom stereocenters. The fraction of sp³-hybridized carbons (Fsp3) is 0.222. The van der Waals surface area contributed by atoms with E-state index in [0.29, 0.717) is 5.92 Å². The summed E-state index contributed by atoms with van der Waals surface area (Å²) < 4.78 is 3.36. The van der Waals surface area contributed by atoms with Gasteiger partial charge in [-0.1, -0.05) is 41.9 Å². The van der Waals surface area contributed by atoms with Crippen LogP contribution in [0.1, 0.15) is 13.8 Å². The second-order valence-electron chi connectivity index (χ2n) is 6.05. The molecule has 0 aliphatic carbocycles. The van der Waals surface area contributed by atoms with Crippen molar-refractivity contribution in [3.05, 3.63) is 46.9 Å². The first-order chi connectivity index (χ1) is 10.6. The van der Waals surface area contributed by atoms with Crippen molar-refractivity contribution in [1.82, 2.24) is 14.5 Å². The van der Waals surface area contributed by atoms with Crippen molar-refractivity contribution in [3.8, 4) is 0 Å². The second-order valence-corrected chi connectivity index (χ2v) is 6.97. The Morgan fingerprint density at radius 1 is 1.05 bits per heavy atom. The van der Waals surface area contributed by atoms with Gasteiger partial charge in [0.1, 0.15) is 5.52 Å². The molecule has 4 aromatic rings. The maximum Gasteiger partial charge on any atom is 0.160 e. The Labute approximate surface area is 137 Å². The highest BCUT2D eigenvalue weighted by Gasteiger charge is 2.15. The van der Waals surface area contributed by atoms with Gasteiger partial charge in [-0.05, 0) is 36.2 Å². The third-order valence-corrected chi connectivity index (χ3v) is 4.35. The largest absolute Gasteiger partial charge is 0.324 e. The third kappa shape index (κ3) is 2.10. The van der Waals surface area contributed by atoms with Crippen LogP contribution >= 0.6 is 15.9 Å². The molecule has 0 fully saturated rings. The molecule has 0 aliphatic heterocycles. The molecule has 2 heterocycles. The molecule has 2 aromatic heterocycles. The molecule has 0 saturated carbocycles. The van der Waals surface area contributed by atoms with Crippen LogP contribution in [0.4, 0.5) is 0 Å². The van der Waals surface area contributed by atoms with Crippen molar-refractivity contribution in [2.24, 2.45) is 5.92 Å². The van der Waals surface area contributed by atoms with Gasteiger partial charge in [0.05, 0.1) is 16.6 Å². The van der Waals surface area contributed by atoms with Gasteiger partial charge in [0.25, 0.3) is 0 Å². The molecule has 0 aliphatic rings. The van der Waals surface area contributed by atoms with Gasteiger partial charge < -0.3 is 4.57 Å². The molecule has 110 valence electrons. The van der Waals surface area contributed by atoms with E-state index in [0.717, 1.165) is 38.6 Å². The van der Waals surface area contributed by atoms with E-state index in [1.54, 1.807) is 0 Å². The zero-order valence-electron chi connectivity index (χ0n) is 12.5. The van der Waals surface area contributed by atoms with Crippen LogP contribution in [0.2, 0.25) is 0 Å².